The summed E-state index contributed by atoms with van der Waals surface area (Å²) >= 11 is 0. The van der Waals surface area contributed by atoms with Crippen molar-refractivity contribution in [1.29, 1.82) is 0 Å². The molecule has 2 rings (SSSR count). The van der Waals surface area contributed by atoms with Gasteiger partial charge in [0, 0.05) is 12.6 Å². The third-order valence-electron chi connectivity index (χ3n) is 3.27. The van der Waals surface area contributed by atoms with Crippen molar-refractivity contribution in [2.75, 3.05) is 11.9 Å². The maximum absolute atomic E-state index is 12.1. The summed E-state index contributed by atoms with van der Waals surface area (Å²) in [5.74, 6) is 0.771. The van der Waals surface area contributed by atoms with Gasteiger partial charge in [-0.15, -0.1) is 0 Å². The van der Waals surface area contributed by atoms with Crippen LogP contribution in [0.25, 0.3) is 0 Å². The Labute approximate surface area is 98.6 Å². The van der Waals surface area contributed by atoms with E-state index in [9.17, 15) is 9.59 Å². The Bertz CT molecular complexity index is 456. The van der Waals surface area contributed by atoms with Gasteiger partial charge in [0.2, 0.25) is 5.91 Å². The first kappa shape index (κ1) is 11.8. The molecule has 0 saturated heterocycles. The van der Waals surface area contributed by atoms with Crippen LogP contribution in [0.1, 0.15) is 19.8 Å². The van der Waals surface area contributed by atoms with Crippen molar-refractivity contribution in [1.82, 2.24) is 10.2 Å². The lowest BCUT2D eigenvalue weighted by Crippen LogP contribution is -2.51. The van der Waals surface area contributed by atoms with Crippen LogP contribution in [0.3, 0.4) is 0 Å². The number of carbonyl (C=O) groups excluding carboxylic acids is 1. The molecule has 0 unspecified atom stereocenters. The van der Waals surface area contributed by atoms with Crippen LogP contribution in [-0.2, 0) is 4.79 Å². The Morgan fingerprint density at radius 3 is 2.82 bits per heavy atom. The molecule has 6 heteroatoms. The molecule has 1 heterocycles. The number of aromatic nitrogens is 2. The topological polar surface area (TPSA) is 101 Å². The molecule has 1 aliphatic rings. The molecule has 1 amide bonds. The average molecular weight is 236 g/mol. The highest BCUT2D eigenvalue weighted by atomic mass is 16.2. The van der Waals surface area contributed by atoms with Gasteiger partial charge >= 0.3 is 0 Å². The van der Waals surface area contributed by atoms with Crippen molar-refractivity contribution >= 4 is 11.7 Å². The van der Waals surface area contributed by atoms with Crippen LogP contribution < -0.4 is 16.6 Å². The molecule has 0 radical (unpaired) electrons. The van der Waals surface area contributed by atoms with Crippen molar-refractivity contribution < 1.29 is 4.79 Å². The molecule has 0 bridgehead atoms. The standard InChI is InChI=1S/C11H16N4O2/c1-7-4-11(5-7,6-12)10(17)13-8-2-3-9(16)15-14-8/h2-3,7H,4-6,12H2,1H3,(H,15,16)(H,13,14,17). The molecule has 4 N–H and O–H groups in total. The number of hydrogen-bond donors (Lipinski definition) is 3. The van der Waals surface area contributed by atoms with Gasteiger partial charge in [-0.25, -0.2) is 5.10 Å². The van der Waals surface area contributed by atoms with E-state index in [0.29, 0.717) is 18.3 Å². The van der Waals surface area contributed by atoms with Gasteiger partial charge in [0.05, 0.1) is 5.41 Å². The second-order valence-corrected chi connectivity index (χ2v) is 4.76. The second kappa shape index (κ2) is 4.29. The molecule has 0 spiro atoms. The van der Waals surface area contributed by atoms with Crippen LogP contribution in [0.4, 0.5) is 5.82 Å². The molecule has 0 aromatic carbocycles. The van der Waals surface area contributed by atoms with Crippen molar-refractivity contribution in [3.8, 4) is 0 Å². The molecule has 1 aliphatic carbocycles. The van der Waals surface area contributed by atoms with Crippen LogP contribution in [0.5, 0.6) is 0 Å². The zero-order chi connectivity index (χ0) is 12.5. The number of nitrogens with zero attached hydrogens (tertiary/aromatic N) is 1. The number of H-pyrrole nitrogens is 1. The van der Waals surface area contributed by atoms with E-state index in [1.165, 1.54) is 12.1 Å². The first-order valence-corrected chi connectivity index (χ1v) is 5.63. The minimum Gasteiger partial charge on any atom is -0.329 e. The third-order valence-corrected chi connectivity index (χ3v) is 3.27. The highest BCUT2D eigenvalue weighted by Crippen LogP contribution is 2.45. The van der Waals surface area contributed by atoms with Crippen LogP contribution in [0.15, 0.2) is 16.9 Å². The minimum atomic E-state index is -0.461. The van der Waals surface area contributed by atoms with E-state index in [0.717, 1.165) is 12.8 Å². The minimum absolute atomic E-state index is 0.113. The molecule has 1 aromatic heterocycles. The molecule has 92 valence electrons. The highest BCUT2D eigenvalue weighted by Gasteiger charge is 2.47. The largest absolute Gasteiger partial charge is 0.329 e. The number of nitrogens with one attached hydrogen (secondary N) is 2. The van der Waals surface area contributed by atoms with Gasteiger partial charge in [0.25, 0.3) is 5.56 Å². The number of hydrogen-bond acceptors (Lipinski definition) is 4. The molecular weight excluding hydrogens is 220 g/mol. The Hall–Kier alpha value is -1.69. The number of anilines is 1. The van der Waals surface area contributed by atoms with E-state index < -0.39 is 5.41 Å². The molecule has 1 fully saturated rings. The fourth-order valence-electron chi connectivity index (χ4n) is 2.38. The molecule has 17 heavy (non-hydrogen) atoms. The Morgan fingerprint density at radius 2 is 2.35 bits per heavy atom. The summed E-state index contributed by atoms with van der Waals surface area (Å²) in [6.45, 7) is 2.44. The normalized spacial score (nSPS) is 27.3. The summed E-state index contributed by atoms with van der Waals surface area (Å²) in [6, 6.07) is 2.80. The lowest BCUT2D eigenvalue weighted by atomic mass is 9.62. The van der Waals surface area contributed by atoms with Crippen LogP contribution >= 0.6 is 0 Å². The number of nitrogens with two attached hydrogens (primary N) is 1. The van der Waals surface area contributed by atoms with Crippen molar-refractivity contribution in [2.24, 2.45) is 17.1 Å². The summed E-state index contributed by atoms with van der Waals surface area (Å²) < 4.78 is 0. The zero-order valence-electron chi connectivity index (χ0n) is 9.69. The van der Waals surface area contributed by atoms with Gasteiger partial charge < -0.3 is 11.1 Å². The zero-order valence-corrected chi connectivity index (χ0v) is 9.69. The first-order valence-electron chi connectivity index (χ1n) is 5.63. The van der Waals surface area contributed by atoms with Crippen LogP contribution in [-0.4, -0.2) is 22.6 Å². The fraction of sp³-hybridized carbons (Fsp3) is 0.545. The highest BCUT2D eigenvalue weighted by molar-refractivity contribution is 5.95. The Kier molecular flexibility index (Phi) is 2.97. The van der Waals surface area contributed by atoms with Gasteiger partial charge in [-0.05, 0) is 24.8 Å². The van der Waals surface area contributed by atoms with Gasteiger partial charge in [-0.1, -0.05) is 6.92 Å². The van der Waals surface area contributed by atoms with E-state index in [2.05, 4.69) is 22.4 Å². The van der Waals surface area contributed by atoms with Gasteiger partial charge in [-0.2, -0.15) is 5.10 Å². The third kappa shape index (κ3) is 2.21. The van der Waals surface area contributed by atoms with Crippen LogP contribution in [0, 0.1) is 11.3 Å². The monoisotopic (exact) mass is 236 g/mol. The Balaban J connectivity index is 2.06. The SMILES string of the molecule is CC1CC(CN)(C(=O)Nc2ccc(=O)[nH]n2)C1. The van der Waals surface area contributed by atoms with Crippen molar-refractivity contribution in [2.45, 2.75) is 19.8 Å². The van der Waals surface area contributed by atoms with Gasteiger partial charge in [0.15, 0.2) is 5.82 Å². The molecule has 6 nitrogen and oxygen atoms in total. The summed E-state index contributed by atoms with van der Waals surface area (Å²) in [7, 11) is 0. The van der Waals surface area contributed by atoms with Gasteiger partial charge in [-0.3, -0.25) is 9.59 Å². The number of aromatic amines is 1. The quantitative estimate of drug-likeness (QED) is 0.692. The first-order chi connectivity index (χ1) is 8.05. The smallest absolute Gasteiger partial charge is 0.264 e. The van der Waals surface area contributed by atoms with E-state index in [1.807, 2.05) is 0 Å². The maximum atomic E-state index is 12.1. The lowest BCUT2D eigenvalue weighted by molar-refractivity contribution is -0.132. The second-order valence-electron chi connectivity index (χ2n) is 4.76. The lowest BCUT2D eigenvalue weighted by Gasteiger charge is -2.44. The molecule has 1 aromatic rings. The van der Waals surface area contributed by atoms with Crippen molar-refractivity contribution in [3.63, 3.8) is 0 Å². The van der Waals surface area contributed by atoms with E-state index in [4.69, 9.17) is 5.73 Å². The Morgan fingerprint density at radius 1 is 1.65 bits per heavy atom. The summed E-state index contributed by atoms with van der Waals surface area (Å²) in [5.41, 5.74) is 4.91. The van der Waals surface area contributed by atoms with Crippen LogP contribution in [0.2, 0.25) is 0 Å². The van der Waals surface area contributed by atoms with Gasteiger partial charge in [0.1, 0.15) is 0 Å². The molecule has 0 atom stereocenters. The fourth-order valence-corrected chi connectivity index (χ4v) is 2.38. The summed E-state index contributed by atoms with van der Waals surface area (Å²) in [4.78, 5) is 22.9. The van der Waals surface area contributed by atoms with E-state index in [1.54, 1.807) is 0 Å². The number of amides is 1. The molecular formula is C11H16N4O2. The number of rotatable bonds is 3. The number of carbonyl (C=O) groups is 1. The summed E-state index contributed by atoms with van der Waals surface area (Å²) in [6.07, 6.45) is 1.61. The van der Waals surface area contributed by atoms with E-state index in [-0.39, 0.29) is 11.5 Å². The molecule has 0 aliphatic heterocycles. The maximum Gasteiger partial charge on any atom is 0.264 e. The molecule has 1 saturated carbocycles. The predicted molar refractivity (Wildman–Crippen MR) is 63.4 cm³/mol. The predicted octanol–water partition coefficient (Wildman–Crippen LogP) is 0.0834. The average Bonchev–Trinajstić information content (AvgIpc) is 2.27. The summed E-state index contributed by atoms with van der Waals surface area (Å²) in [5, 5.41) is 8.68. The van der Waals surface area contributed by atoms with Crippen molar-refractivity contribution in [3.05, 3.63) is 22.5 Å². The van der Waals surface area contributed by atoms with E-state index >= 15 is 0 Å².